The molecular formula is C13H16FNO2. The second-order valence-corrected chi connectivity index (χ2v) is 3.76. The van der Waals surface area contributed by atoms with Crippen LogP contribution in [-0.2, 0) is 0 Å². The molecule has 0 saturated carbocycles. The summed E-state index contributed by atoms with van der Waals surface area (Å²) in [6.07, 6.45) is 0. The first-order valence-corrected chi connectivity index (χ1v) is 5.30. The van der Waals surface area contributed by atoms with Gasteiger partial charge in [0.25, 0.3) is 0 Å². The molecule has 1 rings (SSSR count). The molecule has 92 valence electrons. The third-order valence-corrected chi connectivity index (χ3v) is 2.04. The van der Waals surface area contributed by atoms with Gasteiger partial charge in [-0.1, -0.05) is 11.8 Å². The molecule has 3 nitrogen and oxygen atoms in total. The predicted octanol–water partition coefficient (Wildman–Crippen LogP) is 1.11. The van der Waals surface area contributed by atoms with Gasteiger partial charge < -0.3 is 14.7 Å². The number of hydrogen-bond donors (Lipinski definition) is 1. The van der Waals surface area contributed by atoms with Crippen LogP contribution in [0.1, 0.15) is 5.56 Å². The maximum Gasteiger partial charge on any atom is 0.165 e. The summed E-state index contributed by atoms with van der Waals surface area (Å²) in [7, 11) is 3.84. The number of halogens is 1. The number of aliphatic hydroxyl groups excluding tert-OH is 1. The number of likely N-dealkylation sites (N-methyl/N-ethyl adjacent to an activating group) is 1. The smallest absolute Gasteiger partial charge is 0.165 e. The van der Waals surface area contributed by atoms with Gasteiger partial charge in [0, 0.05) is 12.1 Å². The van der Waals surface area contributed by atoms with Gasteiger partial charge in [-0.25, -0.2) is 4.39 Å². The Kier molecular flexibility index (Phi) is 5.47. The minimum Gasteiger partial charge on any atom is -0.489 e. The summed E-state index contributed by atoms with van der Waals surface area (Å²) < 4.78 is 18.7. The zero-order chi connectivity index (χ0) is 12.7. The summed E-state index contributed by atoms with van der Waals surface area (Å²) >= 11 is 0. The summed E-state index contributed by atoms with van der Waals surface area (Å²) in [5, 5.41) is 8.57. The number of ether oxygens (including phenoxy) is 1. The number of nitrogens with zero attached hydrogens (tertiary/aromatic N) is 1. The van der Waals surface area contributed by atoms with Crippen LogP contribution in [0.25, 0.3) is 0 Å². The molecule has 1 aromatic carbocycles. The van der Waals surface area contributed by atoms with E-state index in [-0.39, 0.29) is 12.4 Å². The van der Waals surface area contributed by atoms with Gasteiger partial charge in [0.2, 0.25) is 0 Å². The number of hydrogen-bond acceptors (Lipinski definition) is 3. The fourth-order valence-electron chi connectivity index (χ4n) is 1.17. The van der Waals surface area contributed by atoms with Gasteiger partial charge in [-0.15, -0.1) is 0 Å². The Hall–Kier alpha value is -1.57. The van der Waals surface area contributed by atoms with E-state index in [4.69, 9.17) is 9.84 Å². The molecule has 0 bridgehead atoms. The Morgan fingerprint density at radius 1 is 1.41 bits per heavy atom. The Balaban J connectivity index is 2.69. The van der Waals surface area contributed by atoms with Crippen molar-refractivity contribution in [2.45, 2.75) is 0 Å². The second-order valence-electron chi connectivity index (χ2n) is 3.76. The second kappa shape index (κ2) is 6.89. The lowest BCUT2D eigenvalue weighted by molar-refractivity contribution is 0.252. The molecule has 1 aromatic rings. The molecule has 4 heteroatoms. The highest BCUT2D eigenvalue weighted by Gasteiger charge is 2.04. The number of rotatable bonds is 4. The van der Waals surface area contributed by atoms with E-state index in [0.29, 0.717) is 18.7 Å². The normalized spacial score (nSPS) is 9.94. The molecule has 0 atom stereocenters. The van der Waals surface area contributed by atoms with E-state index in [1.165, 1.54) is 12.1 Å². The lowest BCUT2D eigenvalue weighted by atomic mass is 10.2. The van der Waals surface area contributed by atoms with Crippen molar-refractivity contribution >= 4 is 0 Å². The van der Waals surface area contributed by atoms with Crippen LogP contribution in [0.2, 0.25) is 0 Å². The van der Waals surface area contributed by atoms with E-state index in [1.807, 2.05) is 19.0 Å². The quantitative estimate of drug-likeness (QED) is 0.796. The van der Waals surface area contributed by atoms with Gasteiger partial charge in [0.1, 0.15) is 13.2 Å². The molecule has 0 unspecified atom stereocenters. The van der Waals surface area contributed by atoms with Gasteiger partial charge in [0.15, 0.2) is 11.6 Å². The largest absolute Gasteiger partial charge is 0.489 e. The lowest BCUT2D eigenvalue weighted by Gasteiger charge is -2.11. The SMILES string of the molecule is CN(C)CCOc1cc(C#CCO)ccc1F. The van der Waals surface area contributed by atoms with Crippen molar-refractivity contribution in [3.05, 3.63) is 29.6 Å². The topological polar surface area (TPSA) is 32.7 Å². The van der Waals surface area contributed by atoms with E-state index in [1.54, 1.807) is 6.07 Å². The molecule has 0 radical (unpaired) electrons. The Morgan fingerprint density at radius 2 is 2.18 bits per heavy atom. The Labute approximate surface area is 101 Å². The van der Waals surface area contributed by atoms with Crippen LogP contribution in [0.5, 0.6) is 5.75 Å². The van der Waals surface area contributed by atoms with Gasteiger partial charge >= 0.3 is 0 Å². The summed E-state index contributed by atoms with van der Waals surface area (Å²) in [4.78, 5) is 1.95. The zero-order valence-electron chi connectivity index (χ0n) is 10.0. The van der Waals surface area contributed by atoms with Crippen molar-refractivity contribution in [2.24, 2.45) is 0 Å². The maximum atomic E-state index is 13.4. The van der Waals surface area contributed by atoms with Crippen molar-refractivity contribution in [1.82, 2.24) is 4.90 Å². The third kappa shape index (κ3) is 4.85. The van der Waals surface area contributed by atoms with Crippen LogP contribution in [0.15, 0.2) is 18.2 Å². The average Bonchev–Trinajstić information content (AvgIpc) is 2.29. The van der Waals surface area contributed by atoms with E-state index >= 15 is 0 Å². The first-order chi connectivity index (χ1) is 8.13. The van der Waals surface area contributed by atoms with Crippen LogP contribution in [0.3, 0.4) is 0 Å². The van der Waals surface area contributed by atoms with Crippen molar-refractivity contribution in [1.29, 1.82) is 0 Å². The highest BCUT2D eigenvalue weighted by Crippen LogP contribution is 2.18. The fourth-order valence-corrected chi connectivity index (χ4v) is 1.17. The number of benzene rings is 1. The highest BCUT2D eigenvalue weighted by molar-refractivity contribution is 5.40. The van der Waals surface area contributed by atoms with Crippen molar-refractivity contribution < 1.29 is 14.2 Å². The molecule has 0 amide bonds. The zero-order valence-corrected chi connectivity index (χ0v) is 10.0. The van der Waals surface area contributed by atoms with Crippen molar-refractivity contribution in [3.8, 4) is 17.6 Å². The van der Waals surface area contributed by atoms with E-state index in [2.05, 4.69) is 11.8 Å². The van der Waals surface area contributed by atoms with Crippen LogP contribution in [0.4, 0.5) is 4.39 Å². The van der Waals surface area contributed by atoms with E-state index < -0.39 is 5.82 Å². The minimum atomic E-state index is -0.404. The minimum absolute atomic E-state index is 0.191. The molecule has 17 heavy (non-hydrogen) atoms. The standard InChI is InChI=1S/C13H16FNO2/c1-15(2)7-9-17-13-10-11(4-3-8-16)5-6-12(13)14/h5-6,10,16H,7-9H2,1-2H3. The van der Waals surface area contributed by atoms with Gasteiger partial charge in [-0.2, -0.15) is 0 Å². The summed E-state index contributed by atoms with van der Waals surface area (Å²) in [5.41, 5.74) is 0.625. The predicted molar refractivity (Wildman–Crippen MR) is 64.4 cm³/mol. The fraction of sp³-hybridized carbons (Fsp3) is 0.385. The van der Waals surface area contributed by atoms with Crippen LogP contribution >= 0.6 is 0 Å². The molecule has 0 fully saturated rings. The molecular weight excluding hydrogens is 221 g/mol. The van der Waals surface area contributed by atoms with Crippen molar-refractivity contribution in [3.63, 3.8) is 0 Å². The monoisotopic (exact) mass is 237 g/mol. The lowest BCUT2D eigenvalue weighted by Crippen LogP contribution is -2.19. The summed E-state index contributed by atoms with van der Waals surface area (Å²) in [6.45, 7) is 0.918. The molecule has 0 heterocycles. The molecule has 0 aromatic heterocycles. The van der Waals surface area contributed by atoms with Gasteiger partial charge in [-0.05, 0) is 32.3 Å². The summed E-state index contributed by atoms with van der Waals surface area (Å²) in [6, 6.07) is 4.40. The molecule has 0 spiro atoms. The average molecular weight is 237 g/mol. The summed E-state index contributed by atoms with van der Waals surface area (Å²) in [5.74, 6) is 5.00. The van der Waals surface area contributed by atoms with Crippen molar-refractivity contribution in [2.75, 3.05) is 33.9 Å². The molecule has 1 N–H and O–H groups in total. The Bertz CT molecular complexity index is 421. The van der Waals surface area contributed by atoms with Crippen LogP contribution in [0, 0.1) is 17.7 Å². The molecule has 0 aliphatic heterocycles. The maximum absolute atomic E-state index is 13.4. The number of aliphatic hydroxyl groups is 1. The van der Waals surface area contributed by atoms with E-state index in [9.17, 15) is 4.39 Å². The first-order valence-electron chi connectivity index (χ1n) is 5.30. The van der Waals surface area contributed by atoms with Crippen LogP contribution < -0.4 is 4.74 Å². The molecule has 0 saturated heterocycles. The van der Waals surface area contributed by atoms with Gasteiger partial charge in [0.05, 0.1) is 0 Å². The first kappa shape index (κ1) is 13.5. The molecule has 0 aliphatic rings. The highest BCUT2D eigenvalue weighted by atomic mass is 19.1. The van der Waals surface area contributed by atoms with Crippen LogP contribution in [-0.4, -0.2) is 43.9 Å². The van der Waals surface area contributed by atoms with E-state index in [0.717, 1.165) is 0 Å². The van der Waals surface area contributed by atoms with Gasteiger partial charge in [-0.3, -0.25) is 0 Å². The molecule has 0 aliphatic carbocycles. The third-order valence-electron chi connectivity index (χ3n) is 2.04. The Morgan fingerprint density at radius 3 is 2.82 bits per heavy atom.